The molecule has 0 radical (unpaired) electrons. The van der Waals surface area contributed by atoms with Crippen LogP contribution < -0.4 is 5.19 Å². The van der Waals surface area contributed by atoms with Crippen molar-refractivity contribution in [2.45, 2.75) is 423 Å². The van der Waals surface area contributed by atoms with Gasteiger partial charge in [0.1, 0.15) is 5.82 Å². The van der Waals surface area contributed by atoms with Crippen LogP contribution in [0, 0.1) is 96.9 Å². The Morgan fingerprint density at radius 3 is 1.05 bits per heavy atom. The molecule has 0 N–H and O–H groups in total. The Morgan fingerprint density at radius 2 is 0.667 bits per heavy atom. The van der Waals surface area contributed by atoms with E-state index in [0.717, 1.165) is 17.3 Å². The van der Waals surface area contributed by atoms with Crippen LogP contribution in [0.2, 0.25) is 19.6 Å². The van der Waals surface area contributed by atoms with Crippen LogP contribution in [0.25, 0.3) is 10.9 Å². The van der Waals surface area contributed by atoms with Crippen molar-refractivity contribution in [3.8, 4) is 0 Å². The molecule has 8 aromatic rings. The summed E-state index contributed by atoms with van der Waals surface area (Å²) >= 11 is 0. The van der Waals surface area contributed by atoms with Crippen LogP contribution in [0.4, 0.5) is 0 Å². The first kappa shape index (κ1) is 99.3. The Balaban J connectivity index is 0.000000338. The topological polar surface area (TPSA) is 25.8 Å². The molecule has 0 unspecified atom stereocenters. The lowest BCUT2D eigenvalue weighted by molar-refractivity contribution is 0.436. The van der Waals surface area contributed by atoms with Crippen LogP contribution in [-0.4, -0.2) is 18.0 Å². The molecule has 9 rings (SSSR count). The van der Waals surface area contributed by atoms with Crippen molar-refractivity contribution in [1.29, 1.82) is 0 Å². The van der Waals surface area contributed by atoms with Crippen LogP contribution in [0.1, 0.15) is 392 Å². The first-order valence-corrected chi connectivity index (χ1v) is 46.4. The second-order valence-corrected chi connectivity index (χ2v) is 49.6. The monoisotopic (exact) mass is 1520 g/mol. The van der Waals surface area contributed by atoms with E-state index < -0.39 is 8.07 Å². The van der Waals surface area contributed by atoms with E-state index in [0.29, 0.717) is 5.41 Å². The minimum atomic E-state index is -1.20. The molecule has 1 aliphatic carbocycles. The van der Waals surface area contributed by atoms with Crippen molar-refractivity contribution in [3.05, 3.63) is 237 Å². The molecule has 3 heteroatoms. The van der Waals surface area contributed by atoms with Gasteiger partial charge in [0.25, 0.3) is 0 Å². The number of aromatic nitrogens is 2. The molecule has 1 fully saturated rings. The summed E-state index contributed by atoms with van der Waals surface area (Å²) in [6.07, 6.45) is 10.0. The molecular formula is C108H170N2Si. The van der Waals surface area contributed by atoms with Crippen LogP contribution in [0.5, 0.6) is 0 Å². The van der Waals surface area contributed by atoms with E-state index in [-0.39, 0.29) is 48.7 Å². The quantitative estimate of drug-likeness (QED) is 0.161. The van der Waals surface area contributed by atoms with Crippen molar-refractivity contribution in [2.24, 2.45) is 0 Å². The van der Waals surface area contributed by atoms with E-state index in [4.69, 9.17) is 4.98 Å². The van der Waals surface area contributed by atoms with Gasteiger partial charge in [0.05, 0.1) is 13.6 Å². The molecule has 0 atom stereocenters. The van der Waals surface area contributed by atoms with Gasteiger partial charge in [0.15, 0.2) is 0 Å². The minimum Gasteiger partial charge on any atom is -0.241 e. The summed E-state index contributed by atoms with van der Waals surface area (Å²) in [5.74, 6) is 1.67. The first-order valence-electron chi connectivity index (χ1n) is 42.9. The lowest BCUT2D eigenvalue weighted by Crippen LogP contribution is -2.39. The maximum Gasteiger partial charge on any atom is 0.125 e. The Labute approximate surface area is 689 Å². The highest BCUT2D eigenvalue weighted by Gasteiger charge is 2.31. The number of aryl methyl sites for hydroxylation is 9. The SMILES string of the molecule is CCC(C)(CC)c1cc(C)c(C)c(C(C)(C)C)c1.Cc1cc(C(C)(C)C)cc(C(C)(C)C)c1C.Cc1cc(C)c(C)c(C(C)(C)C)c1.Cc1cc(C2CCCC2)cc(C(C)(C)C)c1C.Cc1cc([Si](C)(C)C)cc(C(C)(C)C)c1C.Cc1ccccc1C(C)(C)C.Cc1ncc2c(C)c(C(C)(C)C)cc(C(C)(C)C)c2n1. The number of nitrogens with zero attached hydrogens (tertiary/aromatic N) is 2. The fourth-order valence-electron chi connectivity index (χ4n) is 15.9. The lowest BCUT2D eigenvalue weighted by atomic mass is 9.73. The molecule has 7 aromatic carbocycles. The Bertz CT molecular complexity index is 4300. The average molecular weight is 1520 g/mol. The van der Waals surface area contributed by atoms with Gasteiger partial charge < -0.3 is 0 Å². The Morgan fingerprint density at radius 1 is 0.324 bits per heavy atom. The van der Waals surface area contributed by atoms with Crippen LogP contribution >= 0.6 is 0 Å². The van der Waals surface area contributed by atoms with Crippen molar-refractivity contribution in [3.63, 3.8) is 0 Å². The fraction of sp³-hybridized carbons (Fsp3) is 0.593. The van der Waals surface area contributed by atoms with E-state index in [9.17, 15) is 0 Å². The molecule has 0 saturated heterocycles. The van der Waals surface area contributed by atoms with Gasteiger partial charge in [-0.1, -0.05) is 342 Å². The predicted molar refractivity (Wildman–Crippen MR) is 505 cm³/mol. The van der Waals surface area contributed by atoms with Crippen molar-refractivity contribution < 1.29 is 0 Å². The smallest absolute Gasteiger partial charge is 0.125 e. The zero-order chi connectivity index (χ0) is 86.2. The lowest BCUT2D eigenvalue weighted by Gasteiger charge is -2.31. The summed E-state index contributed by atoms with van der Waals surface area (Å²) in [6, 6.07) is 34.8. The molecule has 1 aliphatic rings. The second-order valence-electron chi connectivity index (χ2n) is 44.5. The highest BCUT2D eigenvalue weighted by molar-refractivity contribution is 6.88. The van der Waals surface area contributed by atoms with E-state index in [1.165, 1.54) is 166 Å². The number of hydrogen-bond acceptors (Lipinski definition) is 2. The second kappa shape index (κ2) is 37.8. The minimum absolute atomic E-state index is 0.0761. The maximum absolute atomic E-state index is 4.71. The molecule has 616 valence electrons. The summed E-state index contributed by atoms with van der Waals surface area (Å²) in [4.78, 5) is 9.12. The Hall–Kier alpha value is -5.90. The summed E-state index contributed by atoms with van der Waals surface area (Å²) in [5, 5.41) is 2.77. The highest BCUT2D eigenvalue weighted by atomic mass is 28.3. The maximum atomic E-state index is 4.71. The van der Waals surface area contributed by atoms with Gasteiger partial charge in [-0.2, -0.15) is 0 Å². The van der Waals surface area contributed by atoms with Crippen molar-refractivity contribution >= 4 is 24.2 Å². The van der Waals surface area contributed by atoms with Crippen molar-refractivity contribution in [1.82, 2.24) is 9.97 Å². The molecule has 0 aliphatic heterocycles. The summed E-state index contributed by atoms with van der Waals surface area (Å²) in [6.45, 7) is 107. The number of hydrogen-bond donors (Lipinski definition) is 0. The molecule has 0 amide bonds. The van der Waals surface area contributed by atoms with Gasteiger partial charge in [-0.3, -0.25) is 0 Å². The van der Waals surface area contributed by atoms with Gasteiger partial charge in [-0.25, -0.2) is 9.97 Å². The molecule has 111 heavy (non-hydrogen) atoms. The van der Waals surface area contributed by atoms with Crippen LogP contribution in [0.15, 0.2) is 97.2 Å². The summed E-state index contributed by atoms with van der Waals surface area (Å²) in [5.41, 5.74) is 38.2. The van der Waals surface area contributed by atoms with E-state index in [1.807, 2.05) is 13.1 Å². The van der Waals surface area contributed by atoms with Crippen LogP contribution in [0.3, 0.4) is 0 Å². The largest absolute Gasteiger partial charge is 0.241 e. The van der Waals surface area contributed by atoms with E-state index >= 15 is 0 Å². The normalized spacial score (nSPS) is 13.4. The molecule has 2 nitrogen and oxygen atoms in total. The fourth-order valence-corrected chi connectivity index (χ4v) is 17.2. The summed E-state index contributed by atoms with van der Waals surface area (Å²) in [7, 11) is -1.20. The molecular weight excluding hydrogens is 1350 g/mol. The molecule has 1 aromatic heterocycles. The zero-order valence-electron chi connectivity index (χ0n) is 81.5. The third kappa shape index (κ3) is 27.9. The van der Waals surface area contributed by atoms with Gasteiger partial charge in [0.2, 0.25) is 0 Å². The van der Waals surface area contributed by atoms with Crippen molar-refractivity contribution in [2.75, 3.05) is 0 Å². The van der Waals surface area contributed by atoms with Gasteiger partial charge in [0, 0.05) is 11.6 Å². The number of rotatable bonds is 5. The van der Waals surface area contributed by atoms with Gasteiger partial charge >= 0.3 is 0 Å². The third-order valence-corrected chi connectivity index (χ3v) is 26.2. The molecule has 1 saturated carbocycles. The van der Waals surface area contributed by atoms with Gasteiger partial charge in [-0.15, -0.1) is 0 Å². The standard InChI is InChI=1S/C18H26N2.C18H30.C17H26.C16H26.C15H26Si.C13H20.C11H16/c1-11-13-10-19-12(2)20-16(13)15(18(6,7)8)9-14(11)17(3,4)5;1-9-18(8,10-2)15-11-13(3)14(4)16(12-15)17(5,6)7;1-12-10-15(14-8-6-7-9-14)11-16(13(12)2)17(3,4)5;1-11-9-13(15(3,4)5)10-14(12(11)2)16(6,7)8;1-11-9-13(16(6,7)8)10-14(12(11)2)15(3,4)5;1-9-7-10(2)11(3)12(8-9)13(4,5)6;1-9-7-5-6-8-10(9)11(2,3)4/h9-10H,1-8H3;11-12H,9-10H2,1-8H3;10-11,14H,6-9H2,1-5H3;2*9-10H,1-8H3;7-8H,1-6H3;5-8H,1-4H3. The first-order chi connectivity index (χ1) is 50.0. The van der Waals surface area contributed by atoms with Gasteiger partial charge in [-0.05, 0) is 311 Å². The summed E-state index contributed by atoms with van der Waals surface area (Å²) < 4.78 is 0. The van der Waals surface area contributed by atoms with E-state index in [1.54, 1.807) is 16.3 Å². The zero-order valence-corrected chi connectivity index (χ0v) is 82.5. The molecule has 0 bridgehead atoms. The predicted octanol–water partition coefficient (Wildman–Crippen LogP) is 32.0. The third-order valence-electron chi connectivity index (χ3n) is 24.2. The molecule has 1 heterocycles. The van der Waals surface area contributed by atoms with Crippen LogP contribution in [-0.2, 0) is 54.1 Å². The van der Waals surface area contributed by atoms with E-state index in [2.05, 4.69) is 413 Å². The Kier molecular flexibility index (Phi) is 33.8. The molecule has 0 spiro atoms. The number of benzene rings is 7. The highest BCUT2D eigenvalue weighted by Crippen LogP contribution is 2.42. The number of fused-ring (bicyclic) bond motifs is 1. The average Bonchev–Trinajstić information content (AvgIpc) is 1.03.